The van der Waals surface area contributed by atoms with Crippen LogP contribution in [0.15, 0.2) is 0 Å². The first-order chi connectivity index (χ1) is 9.20. The quantitative estimate of drug-likeness (QED) is 0.912. The van der Waals surface area contributed by atoms with Gasteiger partial charge in [-0.3, -0.25) is 4.57 Å². The summed E-state index contributed by atoms with van der Waals surface area (Å²) in [6.45, 7) is 7.54. The number of rotatable bonds is 3. The van der Waals surface area contributed by atoms with Crippen LogP contribution in [0.2, 0.25) is 0 Å². The van der Waals surface area contributed by atoms with Crippen molar-refractivity contribution in [3.63, 3.8) is 0 Å². The molecule has 104 valence electrons. The number of aromatic nitrogens is 4. The Morgan fingerprint density at radius 3 is 2.79 bits per heavy atom. The SMILES string of the molecule is CCn1nc(C)c2nc(N)n(CC3CCOCC3)c21. The Morgan fingerprint density at radius 1 is 1.37 bits per heavy atom. The molecule has 19 heavy (non-hydrogen) atoms. The van der Waals surface area contributed by atoms with Crippen molar-refractivity contribution in [3.05, 3.63) is 5.69 Å². The van der Waals surface area contributed by atoms with Gasteiger partial charge in [-0.1, -0.05) is 0 Å². The van der Waals surface area contributed by atoms with Gasteiger partial charge >= 0.3 is 0 Å². The number of anilines is 1. The van der Waals surface area contributed by atoms with Gasteiger partial charge < -0.3 is 10.5 Å². The summed E-state index contributed by atoms with van der Waals surface area (Å²) in [5.41, 5.74) is 9.04. The second-order valence-electron chi connectivity index (χ2n) is 5.21. The Kier molecular flexibility index (Phi) is 3.18. The highest BCUT2D eigenvalue weighted by Gasteiger charge is 2.21. The molecule has 1 fully saturated rings. The van der Waals surface area contributed by atoms with E-state index in [-0.39, 0.29) is 0 Å². The minimum absolute atomic E-state index is 0.601. The van der Waals surface area contributed by atoms with Gasteiger partial charge in [-0.2, -0.15) is 5.10 Å². The smallest absolute Gasteiger partial charge is 0.202 e. The van der Waals surface area contributed by atoms with Crippen molar-refractivity contribution < 1.29 is 4.74 Å². The van der Waals surface area contributed by atoms with Gasteiger partial charge in [0.05, 0.1) is 5.69 Å². The third-order valence-electron chi connectivity index (χ3n) is 3.91. The Balaban J connectivity index is 1.99. The molecule has 0 saturated carbocycles. The maximum atomic E-state index is 6.09. The van der Waals surface area contributed by atoms with Crippen LogP contribution in [0.4, 0.5) is 5.95 Å². The molecule has 0 aromatic carbocycles. The number of nitrogens with zero attached hydrogens (tertiary/aromatic N) is 4. The topological polar surface area (TPSA) is 70.9 Å². The fourth-order valence-corrected chi connectivity index (χ4v) is 2.83. The summed E-state index contributed by atoms with van der Waals surface area (Å²) in [6.07, 6.45) is 2.19. The number of fused-ring (bicyclic) bond motifs is 1. The minimum atomic E-state index is 0.601. The number of nitrogens with two attached hydrogens (primary N) is 1. The molecule has 2 aromatic heterocycles. The Hall–Kier alpha value is -1.56. The first kappa shape index (κ1) is 12.5. The third kappa shape index (κ3) is 2.10. The van der Waals surface area contributed by atoms with Crippen LogP contribution >= 0.6 is 0 Å². The molecule has 3 heterocycles. The fraction of sp³-hybridized carbons (Fsp3) is 0.692. The zero-order valence-electron chi connectivity index (χ0n) is 11.6. The molecule has 0 unspecified atom stereocenters. The van der Waals surface area contributed by atoms with E-state index in [1.54, 1.807) is 0 Å². The molecule has 3 rings (SSSR count). The maximum absolute atomic E-state index is 6.09. The maximum Gasteiger partial charge on any atom is 0.202 e. The molecule has 1 saturated heterocycles. The largest absolute Gasteiger partial charge is 0.381 e. The molecule has 0 atom stereocenters. The summed E-state index contributed by atoms with van der Waals surface area (Å²) in [5.74, 6) is 1.22. The molecule has 1 aliphatic heterocycles. The van der Waals surface area contributed by atoms with Crippen molar-refractivity contribution in [2.45, 2.75) is 39.8 Å². The highest BCUT2D eigenvalue weighted by Crippen LogP contribution is 2.25. The van der Waals surface area contributed by atoms with Gasteiger partial charge in [-0.25, -0.2) is 9.67 Å². The summed E-state index contributed by atoms with van der Waals surface area (Å²) in [5, 5.41) is 4.52. The van der Waals surface area contributed by atoms with Crippen LogP contribution in [-0.2, 0) is 17.8 Å². The average Bonchev–Trinajstić information content (AvgIpc) is 2.90. The van der Waals surface area contributed by atoms with E-state index in [1.807, 2.05) is 11.6 Å². The Labute approximate surface area is 112 Å². The summed E-state index contributed by atoms with van der Waals surface area (Å²) in [7, 11) is 0. The van der Waals surface area contributed by atoms with Gasteiger partial charge in [-0.05, 0) is 32.6 Å². The molecule has 0 amide bonds. The van der Waals surface area contributed by atoms with E-state index in [2.05, 4.69) is 21.6 Å². The monoisotopic (exact) mass is 263 g/mol. The van der Waals surface area contributed by atoms with Crippen LogP contribution < -0.4 is 5.73 Å². The molecular weight excluding hydrogens is 242 g/mol. The van der Waals surface area contributed by atoms with Crippen molar-refractivity contribution in [2.75, 3.05) is 18.9 Å². The fourth-order valence-electron chi connectivity index (χ4n) is 2.83. The summed E-state index contributed by atoms with van der Waals surface area (Å²) < 4.78 is 9.53. The van der Waals surface area contributed by atoms with Gasteiger partial charge in [0.2, 0.25) is 5.95 Å². The summed E-state index contributed by atoms with van der Waals surface area (Å²) in [6, 6.07) is 0. The predicted octanol–water partition coefficient (Wildman–Crippen LogP) is 1.57. The summed E-state index contributed by atoms with van der Waals surface area (Å²) in [4.78, 5) is 4.47. The molecule has 2 N–H and O–H groups in total. The van der Waals surface area contributed by atoms with E-state index in [0.29, 0.717) is 11.9 Å². The molecule has 6 heteroatoms. The highest BCUT2D eigenvalue weighted by atomic mass is 16.5. The van der Waals surface area contributed by atoms with E-state index in [4.69, 9.17) is 10.5 Å². The standard InChI is InChI=1S/C13H21N5O/c1-3-18-12-11(9(2)16-18)15-13(14)17(12)8-10-4-6-19-7-5-10/h10H,3-8H2,1-2H3,(H2,14,15). The van der Waals surface area contributed by atoms with Gasteiger partial charge in [0, 0.05) is 26.3 Å². The normalized spacial score (nSPS) is 17.4. The Bertz CT molecular complexity index is 579. The first-order valence-corrected chi connectivity index (χ1v) is 6.97. The van der Waals surface area contributed by atoms with Gasteiger partial charge in [0.25, 0.3) is 0 Å². The Morgan fingerprint density at radius 2 is 2.11 bits per heavy atom. The molecule has 0 aliphatic carbocycles. The second-order valence-corrected chi connectivity index (χ2v) is 5.21. The lowest BCUT2D eigenvalue weighted by molar-refractivity contribution is 0.0617. The van der Waals surface area contributed by atoms with Crippen LogP contribution in [0.5, 0.6) is 0 Å². The lowest BCUT2D eigenvalue weighted by Gasteiger charge is -2.23. The number of hydrogen-bond donors (Lipinski definition) is 1. The third-order valence-corrected chi connectivity index (χ3v) is 3.91. The van der Waals surface area contributed by atoms with Crippen molar-refractivity contribution >= 4 is 17.1 Å². The number of ether oxygens (including phenoxy) is 1. The minimum Gasteiger partial charge on any atom is -0.381 e. The van der Waals surface area contributed by atoms with E-state index in [0.717, 1.165) is 56.0 Å². The zero-order valence-corrected chi connectivity index (χ0v) is 11.6. The van der Waals surface area contributed by atoms with Crippen LogP contribution in [0.1, 0.15) is 25.5 Å². The molecule has 0 bridgehead atoms. The number of aryl methyl sites for hydroxylation is 2. The van der Waals surface area contributed by atoms with Gasteiger partial charge in [0.1, 0.15) is 5.52 Å². The molecule has 1 aliphatic rings. The average molecular weight is 263 g/mol. The van der Waals surface area contributed by atoms with E-state index in [9.17, 15) is 0 Å². The summed E-state index contributed by atoms with van der Waals surface area (Å²) >= 11 is 0. The lowest BCUT2D eigenvalue weighted by atomic mass is 10.0. The van der Waals surface area contributed by atoms with Crippen LogP contribution in [-0.4, -0.2) is 32.5 Å². The number of imidazole rings is 1. The van der Waals surface area contributed by atoms with Crippen molar-refractivity contribution in [3.8, 4) is 0 Å². The van der Waals surface area contributed by atoms with Crippen LogP contribution in [0.3, 0.4) is 0 Å². The lowest BCUT2D eigenvalue weighted by Crippen LogP contribution is -2.21. The van der Waals surface area contributed by atoms with Gasteiger partial charge in [-0.15, -0.1) is 0 Å². The van der Waals surface area contributed by atoms with Crippen LogP contribution in [0.25, 0.3) is 11.2 Å². The molecule has 2 aromatic rings. The van der Waals surface area contributed by atoms with Crippen molar-refractivity contribution in [2.24, 2.45) is 5.92 Å². The number of hydrogen-bond acceptors (Lipinski definition) is 4. The van der Waals surface area contributed by atoms with E-state index < -0.39 is 0 Å². The van der Waals surface area contributed by atoms with E-state index in [1.165, 1.54) is 0 Å². The van der Waals surface area contributed by atoms with E-state index >= 15 is 0 Å². The van der Waals surface area contributed by atoms with Crippen molar-refractivity contribution in [1.29, 1.82) is 0 Å². The highest BCUT2D eigenvalue weighted by molar-refractivity contribution is 5.77. The zero-order chi connectivity index (χ0) is 13.4. The molecule has 0 radical (unpaired) electrons. The first-order valence-electron chi connectivity index (χ1n) is 6.97. The molecule has 0 spiro atoms. The number of nitrogen functional groups attached to an aromatic ring is 1. The van der Waals surface area contributed by atoms with Gasteiger partial charge in [0.15, 0.2) is 5.65 Å². The van der Waals surface area contributed by atoms with Crippen molar-refractivity contribution in [1.82, 2.24) is 19.3 Å². The second kappa shape index (κ2) is 4.85. The molecule has 6 nitrogen and oxygen atoms in total. The predicted molar refractivity (Wildman–Crippen MR) is 73.9 cm³/mol. The molecular formula is C13H21N5O. The van der Waals surface area contributed by atoms with Crippen LogP contribution in [0, 0.1) is 12.8 Å².